The van der Waals surface area contributed by atoms with Gasteiger partial charge in [-0.05, 0) is 30.0 Å². The number of aliphatic hydroxyl groups is 1. The maximum atomic E-state index is 12.0. The Labute approximate surface area is 114 Å². The van der Waals surface area contributed by atoms with Gasteiger partial charge in [-0.25, -0.2) is 13.1 Å². The molecule has 0 aliphatic rings. The second-order valence-electron chi connectivity index (χ2n) is 4.53. The van der Waals surface area contributed by atoms with Gasteiger partial charge in [0.25, 0.3) is 0 Å². The highest BCUT2D eigenvalue weighted by Crippen LogP contribution is 2.11. The number of benzene rings is 1. The average Bonchev–Trinajstić information content (AvgIpc) is 2.38. The lowest BCUT2D eigenvalue weighted by Gasteiger charge is -2.12. The quantitative estimate of drug-likeness (QED) is 0.741. The van der Waals surface area contributed by atoms with Crippen LogP contribution in [-0.4, -0.2) is 40.4 Å². The number of methoxy groups -OCH3 is 1. The van der Waals surface area contributed by atoms with E-state index in [1.807, 2.05) is 6.92 Å². The Kier molecular flexibility index (Phi) is 6.44. The molecular weight excluding hydrogens is 266 g/mol. The van der Waals surface area contributed by atoms with E-state index < -0.39 is 10.0 Å². The molecular formula is C13H21NO4S. The lowest BCUT2D eigenvalue weighted by molar-refractivity contribution is 0.161. The minimum Gasteiger partial charge on any atom is -0.396 e. The van der Waals surface area contributed by atoms with Gasteiger partial charge in [0.15, 0.2) is 0 Å². The van der Waals surface area contributed by atoms with Crippen LogP contribution in [0, 0.1) is 5.92 Å². The van der Waals surface area contributed by atoms with Crippen LogP contribution in [0.25, 0.3) is 0 Å². The van der Waals surface area contributed by atoms with Crippen molar-refractivity contribution in [3.63, 3.8) is 0 Å². The first-order valence-electron chi connectivity index (χ1n) is 6.18. The highest BCUT2D eigenvalue weighted by atomic mass is 32.2. The molecule has 108 valence electrons. The molecule has 2 N–H and O–H groups in total. The smallest absolute Gasteiger partial charge is 0.240 e. The first-order valence-corrected chi connectivity index (χ1v) is 7.66. The molecule has 1 atom stereocenters. The number of hydrogen-bond donors (Lipinski definition) is 2. The molecule has 1 unspecified atom stereocenters. The molecule has 0 saturated heterocycles. The number of sulfonamides is 1. The topological polar surface area (TPSA) is 75.6 Å². The molecule has 0 bridgehead atoms. The summed E-state index contributed by atoms with van der Waals surface area (Å²) in [7, 11) is -1.89. The van der Waals surface area contributed by atoms with Gasteiger partial charge in [-0.1, -0.05) is 19.1 Å². The summed E-state index contributed by atoms with van der Waals surface area (Å²) in [4.78, 5) is 0.235. The Morgan fingerprint density at radius 3 is 2.47 bits per heavy atom. The molecule has 0 radical (unpaired) electrons. The summed E-state index contributed by atoms with van der Waals surface area (Å²) in [6.07, 6.45) is 0.526. The van der Waals surface area contributed by atoms with Gasteiger partial charge in [-0.15, -0.1) is 0 Å². The normalized spacial score (nSPS) is 13.4. The third kappa shape index (κ3) is 5.28. The van der Waals surface area contributed by atoms with Crippen LogP contribution in [0.5, 0.6) is 0 Å². The average molecular weight is 287 g/mol. The second-order valence-corrected chi connectivity index (χ2v) is 6.30. The Morgan fingerprint density at radius 2 is 1.95 bits per heavy atom. The summed E-state index contributed by atoms with van der Waals surface area (Å²) in [5, 5.41) is 8.80. The minimum absolute atomic E-state index is 0.0544. The van der Waals surface area contributed by atoms with Gasteiger partial charge in [-0.3, -0.25) is 0 Å². The lowest BCUT2D eigenvalue weighted by atomic mass is 10.2. The van der Waals surface area contributed by atoms with Crippen molar-refractivity contribution in [2.24, 2.45) is 5.92 Å². The zero-order chi connectivity index (χ0) is 14.3. The van der Waals surface area contributed by atoms with Crippen LogP contribution in [0.2, 0.25) is 0 Å². The molecule has 1 aromatic rings. The molecule has 0 aromatic heterocycles. The summed E-state index contributed by atoms with van der Waals surface area (Å²) < 4.78 is 31.5. The van der Waals surface area contributed by atoms with E-state index in [1.54, 1.807) is 31.4 Å². The summed E-state index contributed by atoms with van der Waals surface area (Å²) in [6, 6.07) is 6.52. The summed E-state index contributed by atoms with van der Waals surface area (Å²) >= 11 is 0. The molecule has 0 aliphatic carbocycles. The fourth-order valence-electron chi connectivity index (χ4n) is 1.64. The van der Waals surface area contributed by atoms with E-state index in [2.05, 4.69) is 4.72 Å². The fraction of sp³-hybridized carbons (Fsp3) is 0.538. The van der Waals surface area contributed by atoms with Crippen molar-refractivity contribution in [2.45, 2.75) is 18.2 Å². The molecule has 0 fully saturated rings. The van der Waals surface area contributed by atoms with Crippen LogP contribution >= 0.6 is 0 Å². The number of aliphatic hydroxyl groups excluding tert-OH is 1. The zero-order valence-electron chi connectivity index (χ0n) is 11.3. The highest BCUT2D eigenvalue weighted by molar-refractivity contribution is 7.89. The van der Waals surface area contributed by atoms with Crippen LogP contribution in [0.4, 0.5) is 0 Å². The molecule has 0 spiro atoms. The predicted molar refractivity (Wildman–Crippen MR) is 73.5 cm³/mol. The van der Waals surface area contributed by atoms with E-state index in [1.165, 1.54) is 0 Å². The Hall–Kier alpha value is -0.950. The fourth-order valence-corrected chi connectivity index (χ4v) is 2.81. The van der Waals surface area contributed by atoms with Crippen LogP contribution in [-0.2, 0) is 21.2 Å². The van der Waals surface area contributed by atoms with Crippen LogP contribution in [0.3, 0.4) is 0 Å². The molecule has 1 rings (SSSR count). The standard InChI is InChI=1S/C13H21NO4S/c1-11(10-18-2)9-14-19(16,17)13-5-3-12(4-6-13)7-8-15/h3-6,11,14-15H,7-10H2,1-2H3. The summed E-state index contributed by atoms with van der Waals surface area (Å²) in [6.45, 7) is 2.82. The number of ether oxygens (including phenoxy) is 1. The predicted octanol–water partition coefficient (Wildman–Crippen LogP) is 0.782. The Morgan fingerprint density at radius 1 is 1.32 bits per heavy atom. The molecule has 1 aromatic carbocycles. The monoisotopic (exact) mass is 287 g/mol. The first-order chi connectivity index (χ1) is 8.99. The maximum Gasteiger partial charge on any atom is 0.240 e. The van der Waals surface area contributed by atoms with Crippen molar-refractivity contribution in [1.82, 2.24) is 4.72 Å². The molecule has 0 aliphatic heterocycles. The SMILES string of the molecule is COCC(C)CNS(=O)(=O)c1ccc(CCO)cc1. The van der Waals surface area contributed by atoms with Crippen molar-refractivity contribution in [3.05, 3.63) is 29.8 Å². The van der Waals surface area contributed by atoms with Crippen molar-refractivity contribution in [1.29, 1.82) is 0 Å². The van der Waals surface area contributed by atoms with E-state index in [4.69, 9.17) is 9.84 Å². The van der Waals surface area contributed by atoms with E-state index >= 15 is 0 Å². The molecule has 6 heteroatoms. The van der Waals surface area contributed by atoms with Crippen LogP contribution < -0.4 is 4.72 Å². The second kappa shape index (κ2) is 7.59. The van der Waals surface area contributed by atoms with Crippen molar-refractivity contribution < 1.29 is 18.3 Å². The van der Waals surface area contributed by atoms with Gasteiger partial charge in [0, 0.05) is 26.9 Å². The minimum atomic E-state index is -3.47. The van der Waals surface area contributed by atoms with E-state index in [0.29, 0.717) is 19.6 Å². The summed E-state index contributed by atoms with van der Waals surface area (Å²) in [5.41, 5.74) is 0.911. The first kappa shape index (κ1) is 16.1. The molecule has 19 heavy (non-hydrogen) atoms. The zero-order valence-corrected chi connectivity index (χ0v) is 12.1. The summed E-state index contributed by atoms with van der Waals surface area (Å²) in [5.74, 6) is 0.119. The van der Waals surface area contributed by atoms with Crippen LogP contribution in [0.15, 0.2) is 29.2 Å². The van der Waals surface area contributed by atoms with Gasteiger partial charge in [0.2, 0.25) is 10.0 Å². The van der Waals surface area contributed by atoms with Crippen molar-refractivity contribution in [3.8, 4) is 0 Å². The van der Waals surface area contributed by atoms with E-state index in [-0.39, 0.29) is 17.4 Å². The van der Waals surface area contributed by atoms with Gasteiger partial charge in [0.05, 0.1) is 4.90 Å². The third-order valence-electron chi connectivity index (χ3n) is 2.71. The molecule has 0 saturated carbocycles. The highest BCUT2D eigenvalue weighted by Gasteiger charge is 2.14. The van der Waals surface area contributed by atoms with E-state index in [0.717, 1.165) is 5.56 Å². The Bertz CT molecular complexity index is 470. The molecule has 0 heterocycles. The maximum absolute atomic E-state index is 12.0. The van der Waals surface area contributed by atoms with Gasteiger partial charge in [0.1, 0.15) is 0 Å². The number of hydrogen-bond acceptors (Lipinski definition) is 4. The molecule has 0 amide bonds. The number of rotatable bonds is 8. The number of nitrogens with one attached hydrogen (secondary N) is 1. The van der Waals surface area contributed by atoms with Gasteiger partial charge >= 0.3 is 0 Å². The largest absolute Gasteiger partial charge is 0.396 e. The van der Waals surface area contributed by atoms with E-state index in [9.17, 15) is 8.42 Å². The van der Waals surface area contributed by atoms with Crippen molar-refractivity contribution in [2.75, 3.05) is 26.9 Å². The molecule has 5 nitrogen and oxygen atoms in total. The van der Waals surface area contributed by atoms with Crippen LogP contribution in [0.1, 0.15) is 12.5 Å². The van der Waals surface area contributed by atoms with Gasteiger partial charge < -0.3 is 9.84 Å². The van der Waals surface area contributed by atoms with Gasteiger partial charge in [-0.2, -0.15) is 0 Å². The lowest BCUT2D eigenvalue weighted by Crippen LogP contribution is -2.30. The third-order valence-corrected chi connectivity index (χ3v) is 4.15. The Balaban J connectivity index is 2.66. The van der Waals surface area contributed by atoms with Crippen molar-refractivity contribution >= 4 is 10.0 Å².